The maximum absolute atomic E-state index is 6.13. The first-order valence-corrected chi connectivity index (χ1v) is 11.1. The minimum Gasteiger partial charge on any atom is -0.493 e. The highest BCUT2D eigenvalue weighted by Gasteiger charge is 2.14. The van der Waals surface area contributed by atoms with Crippen molar-refractivity contribution in [2.75, 3.05) is 33.4 Å². The van der Waals surface area contributed by atoms with Gasteiger partial charge in [-0.2, -0.15) is 0 Å². The number of benzene rings is 2. The minimum absolute atomic E-state index is 0.483. The van der Waals surface area contributed by atoms with Gasteiger partial charge < -0.3 is 24.1 Å². The topological polar surface area (TPSA) is 72.5 Å². The van der Waals surface area contributed by atoms with Gasteiger partial charge in [-0.1, -0.05) is 0 Å². The molecule has 7 nitrogen and oxygen atoms in total. The number of hydrogen-bond donors (Lipinski definition) is 1. The number of aromatic nitrogens is 3. The molecule has 0 bridgehead atoms. The standard InChI is InChI=1S/C25H28N4O3/c1-17-12-18-6-7-19(13-21(18)28-17)32-25-20-14-23(30-2)24(15-22(20)26-16-27-25)31-11-5-10-29-8-3-4-9-29/h6-7,12-16,28H,3-5,8-11H2,1-2H3. The molecule has 0 radical (unpaired) electrons. The summed E-state index contributed by atoms with van der Waals surface area (Å²) in [5, 5.41) is 1.92. The first-order valence-electron chi connectivity index (χ1n) is 11.1. The van der Waals surface area contributed by atoms with E-state index in [1.807, 2.05) is 37.3 Å². The normalized spacial score (nSPS) is 14.3. The lowest BCUT2D eigenvalue weighted by atomic mass is 10.2. The van der Waals surface area contributed by atoms with Gasteiger partial charge in [0, 0.05) is 29.9 Å². The Morgan fingerprint density at radius 3 is 2.75 bits per heavy atom. The molecule has 2 aromatic heterocycles. The van der Waals surface area contributed by atoms with Crippen LogP contribution in [-0.4, -0.2) is 53.2 Å². The number of hydrogen-bond acceptors (Lipinski definition) is 6. The van der Waals surface area contributed by atoms with Crippen LogP contribution in [0.3, 0.4) is 0 Å². The summed E-state index contributed by atoms with van der Waals surface area (Å²) in [7, 11) is 1.64. The number of methoxy groups -OCH3 is 1. The molecule has 0 unspecified atom stereocenters. The molecule has 3 heterocycles. The molecule has 0 spiro atoms. The lowest BCUT2D eigenvalue weighted by molar-refractivity contribution is 0.254. The highest BCUT2D eigenvalue weighted by molar-refractivity contribution is 5.87. The quantitative estimate of drug-likeness (QED) is 0.391. The highest BCUT2D eigenvalue weighted by atomic mass is 16.5. The number of rotatable bonds is 8. The van der Waals surface area contributed by atoms with E-state index in [-0.39, 0.29) is 0 Å². The second kappa shape index (κ2) is 9.04. The Labute approximate surface area is 187 Å². The van der Waals surface area contributed by atoms with E-state index in [1.54, 1.807) is 7.11 Å². The lowest BCUT2D eigenvalue weighted by Gasteiger charge is -2.16. The molecule has 1 aliphatic rings. The summed E-state index contributed by atoms with van der Waals surface area (Å²) < 4.78 is 17.8. The van der Waals surface area contributed by atoms with Crippen LogP contribution in [0.2, 0.25) is 0 Å². The van der Waals surface area contributed by atoms with Gasteiger partial charge in [0.25, 0.3) is 0 Å². The molecule has 0 aliphatic carbocycles. The molecule has 0 saturated carbocycles. The fraction of sp³-hybridized carbons (Fsp3) is 0.360. The Balaban J connectivity index is 1.35. The van der Waals surface area contributed by atoms with Crippen molar-refractivity contribution in [3.8, 4) is 23.1 Å². The second-order valence-corrected chi connectivity index (χ2v) is 8.25. The van der Waals surface area contributed by atoms with Gasteiger partial charge >= 0.3 is 0 Å². The van der Waals surface area contributed by atoms with Crippen LogP contribution in [0.15, 0.2) is 42.7 Å². The van der Waals surface area contributed by atoms with Gasteiger partial charge in [0.15, 0.2) is 11.5 Å². The number of likely N-dealkylation sites (tertiary alicyclic amines) is 1. The molecule has 1 aliphatic heterocycles. The molecule has 166 valence electrons. The molecule has 0 amide bonds. The Bertz CT molecular complexity index is 1230. The van der Waals surface area contributed by atoms with Crippen molar-refractivity contribution in [1.82, 2.24) is 19.9 Å². The van der Waals surface area contributed by atoms with Crippen LogP contribution < -0.4 is 14.2 Å². The third-order valence-corrected chi connectivity index (χ3v) is 5.90. The summed E-state index contributed by atoms with van der Waals surface area (Å²) >= 11 is 0. The van der Waals surface area contributed by atoms with Gasteiger partial charge in [0.2, 0.25) is 5.88 Å². The van der Waals surface area contributed by atoms with Crippen molar-refractivity contribution in [2.24, 2.45) is 0 Å². The molecule has 1 fully saturated rings. The summed E-state index contributed by atoms with van der Waals surface area (Å²) in [6.45, 7) is 6.16. The van der Waals surface area contributed by atoms with Crippen LogP contribution in [0, 0.1) is 6.92 Å². The summed E-state index contributed by atoms with van der Waals surface area (Å²) in [5.74, 6) is 2.53. The molecule has 5 rings (SSSR count). The van der Waals surface area contributed by atoms with Crippen molar-refractivity contribution >= 4 is 21.8 Å². The molecular formula is C25H28N4O3. The zero-order chi connectivity index (χ0) is 21.9. The molecule has 7 heteroatoms. The summed E-state index contributed by atoms with van der Waals surface area (Å²) in [5.41, 5.74) is 2.89. The highest BCUT2D eigenvalue weighted by Crippen LogP contribution is 2.36. The van der Waals surface area contributed by atoms with Crippen LogP contribution in [0.1, 0.15) is 25.0 Å². The van der Waals surface area contributed by atoms with E-state index >= 15 is 0 Å². The van der Waals surface area contributed by atoms with Crippen molar-refractivity contribution in [3.05, 3.63) is 48.4 Å². The molecule has 4 aromatic rings. The first-order chi connectivity index (χ1) is 15.7. The number of fused-ring (bicyclic) bond motifs is 2. The molecule has 2 aromatic carbocycles. The van der Waals surface area contributed by atoms with E-state index in [0.29, 0.717) is 29.7 Å². The fourth-order valence-corrected chi connectivity index (χ4v) is 4.30. The maximum atomic E-state index is 6.13. The van der Waals surface area contributed by atoms with Gasteiger partial charge in [0.1, 0.15) is 12.1 Å². The average molecular weight is 433 g/mol. The van der Waals surface area contributed by atoms with Gasteiger partial charge in [-0.05, 0) is 68.9 Å². The molecule has 1 N–H and O–H groups in total. The van der Waals surface area contributed by atoms with Crippen LogP contribution in [0.4, 0.5) is 0 Å². The predicted octanol–water partition coefficient (Wildman–Crippen LogP) is 5.09. The average Bonchev–Trinajstić information content (AvgIpc) is 3.44. The largest absolute Gasteiger partial charge is 0.493 e. The van der Waals surface area contributed by atoms with E-state index in [0.717, 1.165) is 40.5 Å². The van der Waals surface area contributed by atoms with Crippen LogP contribution >= 0.6 is 0 Å². The van der Waals surface area contributed by atoms with Crippen molar-refractivity contribution in [3.63, 3.8) is 0 Å². The van der Waals surface area contributed by atoms with Gasteiger partial charge in [-0.25, -0.2) is 9.97 Å². The zero-order valence-electron chi connectivity index (χ0n) is 18.6. The first kappa shape index (κ1) is 20.6. The van der Waals surface area contributed by atoms with Crippen LogP contribution in [0.5, 0.6) is 23.1 Å². The van der Waals surface area contributed by atoms with E-state index in [2.05, 4.69) is 25.9 Å². The summed E-state index contributed by atoms with van der Waals surface area (Å²) in [6.07, 6.45) is 5.11. The van der Waals surface area contributed by atoms with E-state index < -0.39 is 0 Å². The minimum atomic E-state index is 0.483. The monoisotopic (exact) mass is 432 g/mol. The van der Waals surface area contributed by atoms with Gasteiger partial charge in [-0.3, -0.25) is 0 Å². The van der Waals surface area contributed by atoms with Gasteiger partial charge in [0.05, 0.1) is 24.6 Å². The Morgan fingerprint density at radius 2 is 1.91 bits per heavy atom. The maximum Gasteiger partial charge on any atom is 0.230 e. The fourth-order valence-electron chi connectivity index (χ4n) is 4.30. The third-order valence-electron chi connectivity index (χ3n) is 5.90. The molecular weight excluding hydrogens is 404 g/mol. The predicted molar refractivity (Wildman–Crippen MR) is 125 cm³/mol. The Morgan fingerprint density at radius 1 is 1.03 bits per heavy atom. The third kappa shape index (κ3) is 4.34. The lowest BCUT2D eigenvalue weighted by Crippen LogP contribution is -2.21. The second-order valence-electron chi connectivity index (χ2n) is 8.25. The van der Waals surface area contributed by atoms with Crippen molar-refractivity contribution in [1.29, 1.82) is 0 Å². The number of aromatic amines is 1. The smallest absolute Gasteiger partial charge is 0.230 e. The number of ether oxygens (including phenoxy) is 3. The zero-order valence-corrected chi connectivity index (χ0v) is 18.6. The van der Waals surface area contributed by atoms with E-state index in [9.17, 15) is 0 Å². The number of nitrogens with zero attached hydrogens (tertiary/aromatic N) is 3. The molecule has 1 saturated heterocycles. The van der Waals surface area contributed by atoms with E-state index in [4.69, 9.17) is 14.2 Å². The summed E-state index contributed by atoms with van der Waals surface area (Å²) in [6, 6.07) is 11.8. The van der Waals surface area contributed by atoms with Crippen LogP contribution in [0.25, 0.3) is 21.8 Å². The van der Waals surface area contributed by atoms with E-state index in [1.165, 1.54) is 32.3 Å². The Kier molecular flexibility index (Phi) is 5.81. The Hall–Kier alpha value is -3.32. The van der Waals surface area contributed by atoms with Crippen molar-refractivity contribution < 1.29 is 14.2 Å². The molecule has 0 atom stereocenters. The number of aryl methyl sites for hydroxylation is 1. The molecule has 32 heavy (non-hydrogen) atoms. The van der Waals surface area contributed by atoms with Gasteiger partial charge in [-0.15, -0.1) is 0 Å². The number of H-pyrrole nitrogens is 1. The SMILES string of the molecule is COc1cc2c(Oc3ccc4cc(C)[nH]c4c3)ncnc2cc1OCCCN1CCCC1. The summed E-state index contributed by atoms with van der Waals surface area (Å²) in [4.78, 5) is 14.6. The number of nitrogens with one attached hydrogen (secondary N) is 1. The van der Waals surface area contributed by atoms with Crippen LogP contribution in [-0.2, 0) is 0 Å². The van der Waals surface area contributed by atoms with Crippen molar-refractivity contribution in [2.45, 2.75) is 26.2 Å².